The number of hydrogen-bond acceptors (Lipinski definition) is 3. The third-order valence-corrected chi connectivity index (χ3v) is 8.13. The van der Waals surface area contributed by atoms with Gasteiger partial charge >= 0.3 is 5.97 Å². The molecule has 0 aromatic rings. The molecule has 0 aromatic heterocycles. The van der Waals surface area contributed by atoms with E-state index >= 15 is 0 Å². The number of ether oxygens (including phenoxy) is 1. The number of hydrogen-bond donors (Lipinski definition) is 1. The van der Waals surface area contributed by atoms with Crippen LogP contribution in [0.2, 0.25) is 0 Å². The van der Waals surface area contributed by atoms with E-state index in [1.54, 1.807) is 0 Å². The van der Waals surface area contributed by atoms with E-state index in [0.29, 0.717) is 12.5 Å². The zero-order valence-electron chi connectivity index (χ0n) is 27.7. The first-order chi connectivity index (χ1) is 19.5. The fraction of sp³-hybridized carbons (Fsp3) is 0.944. The lowest BCUT2D eigenvalue weighted by molar-refractivity contribution is -0.147. The molecule has 0 heterocycles. The van der Waals surface area contributed by atoms with Crippen molar-refractivity contribution < 1.29 is 14.3 Å². The number of esters is 1. The first kappa shape index (κ1) is 38.9. The number of rotatable bonds is 31. The van der Waals surface area contributed by atoms with Crippen LogP contribution >= 0.6 is 0 Å². The van der Waals surface area contributed by atoms with Crippen molar-refractivity contribution in [1.29, 1.82) is 0 Å². The summed E-state index contributed by atoms with van der Waals surface area (Å²) in [5.41, 5.74) is 0. The van der Waals surface area contributed by atoms with Crippen LogP contribution in [0.5, 0.6) is 0 Å². The van der Waals surface area contributed by atoms with Gasteiger partial charge < -0.3 is 10.1 Å². The highest BCUT2D eigenvalue weighted by Crippen LogP contribution is 2.18. The van der Waals surface area contributed by atoms with Gasteiger partial charge in [-0.15, -0.1) is 0 Å². The van der Waals surface area contributed by atoms with Crippen molar-refractivity contribution >= 4 is 11.9 Å². The monoisotopic (exact) mass is 566 g/mol. The van der Waals surface area contributed by atoms with Crippen molar-refractivity contribution in [3.8, 4) is 0 Å². The van der Waals surface area contributed by atoms with Crippen LogP contribution in [-0.2, 0) is 14.3 Å². The molecule has 1 atom stereocenters. The molecule has 4 heteroatoms. The highest BCUT2D eigenvalue weighted by atomic mass is 16.5. The topological polar surface area (TPSA) is 55.4 Å². The molecule has 40 heavy (non-hydrogen) atoms. The van der Waals surface area contributed by atoms with Crippen LogP contribution in [0.3, 0.4) is 0 Å². The Balaban J connectivity index is 3.77. The number of carbonyl (C=O) groups is 2. The first-order valence-electron chi connectivity index (χ1n) is 17.9. The smallest absolute Gasteiger partial charge is 0.306 e. The van der Waals surface area contributed by atoms with Gasteiger partial charge in [-0.3, -0.25) is 9.59 Å². The summed E-state index contributed by atoms with van der Waals surface area (Å²) in [6.07, 6.45) is 32.3. The van der Waals surface area contributed by atoms with Crippen LogP contribution in [0.15, 0.2) is 0 Å². The quantitative estimate of drug-likeness (QED) is 0.0671. The Hall–Kier alpha value is -1.06. The van der Waals surface area contributed by atoms with Gasteiger partial charge in [0.25, 0.3) is 0 Å². The summed E-state index contributed by atoms with van der Waals surface area (Å²) >= 11 is 0. The average molecular weight is 566 g/mol. The molecule has 0 bridgehead atoms. The van der Waals surface area contributed by atoms with Gasteiger partial charge in [0.15, 0.2) is 0 Å². The fourth-order valence-corrected chi connectivity index (χ4v) is 5.56. The second-order valence-corrected chi connectivity index (χ2v) is 12.8. The molecule has 1 amide bonds. The Labute approximate surface area is 250 Å². The average Bonchev–Trinajstić information content (AvgIpc) is 2.93. The predicted molar refractivity (Wildman–Crippen MR) is 174 cm³/mol. The lowest BCUT2D eigenvalue weighted by atomic mass is 9.93. The van der Waals surface area contributed by atoms with Crippen LogP contribution in [0, 0.1) is 11.8 Å². The summed E-state index contributed by atoms with van der Waals surface area (Å²) in [6, 6.07) is 0. The summed E-state index contributed by atoms with van der Waals surface area (Å²) < 4.78 is 5.50. The minimum atomic E-state index is -0.271. The van der Waals surface area contributed by atoms with E-state index in [4.69, 9.17) is 4.74 Å². The number of unbranched alkanes of at least 4 members (excludes halogenated alkanes) is 22. The number of nitrogens with one attached hydrogen (secondary N) is 1. The van der Waals surface area contributed by atoms with Gasteiger partial charge in [-0.25, -0.2) is 0 Å². The molecule has 0 aliphatic rings. The highest BCUT2D eigenvalue weighted by molar-refractivity contribution is 5.83. The third-order valence-electron chi connectivity index (χ3n) is 8.13. The third kappa shape index (κ3) is 28.5. The molecule has 4 nitrogen and oxygen atoms in total. The molecule has 0 aliphatic carbocycles. The molecular weight excluding hydrogens is 494 g/mol. The van der Waals surface area contributed by atoms with Crippen molar-refractivity contribution in [2.45, 2.75) is 195 Å². The van der Waals surface area contributed by atoms with Crippen molar-refractivity contribution in [1.82, 2.24) is 5.32 Å². The maximum absolute atomic E-state index is 12.8. The van der Waals surface area contributed by atoms with E-state index in [-0.39, 0.29) is 24.2 Å². The maximum Gasteiger partial charge on any atom is 0.306 e. The van der Waals surface area contributed by atoms with E-state index < -0.39 is 0 Å². The lowest BCUT2D eigenvalue weighted by Crippen LogP contribution is -2.34. The SMILES string of the molecule is CCCCCCCCCCCCCCCCOC(=O)C[C@@H](CC(C)C)C(=O)NCCCCCCCCCCCC. The van der Waals surface area contributed by atoms with E-state index in [1.807, 2.05) is 0 Å². The molecule has 238 valence electrons. The van der Waals surface area contributed by atoms with Gasteiger partial charge in [-0.1, -0.05) is 169 Å². The molecule has 0 saturated heterocycles. The molecule has 0 saturated carbocycles. The summed E-state index contributed by atoms with van der Waals surface area (Å²) in [5.74, 6) is -0.0777. The minimum absolute atomic E-state index is 0.0260. The van der Waals surface area contributed by atoms with Crippen LogP contribution in [-0.4, -0.2) is 25.0 Å². The maximum atomic E-state index is 12.8. The Morgan fingerprint density at radius 3 is 1.32 bits per heavy atom. The predicted octanol–water partition coefficient (Wildman–Crippen LogP) is 11.1. The summed E-state index contributed by atoms with van der Waals surface area (Å²) in [4.78, 5) is 25.2. The van der Waals surface area contributed by atoms with Crippen molar-refractivity contribution in [2.75, 3.05) is 13.2 Å². The van der Waals surface area contributed by atoms with Crippen molar-refractivity contribution in [2.24, 2.45) is 11.8 Å². The summed E-state index contributed by atoms with van der Waals surface area (Å²) in [7, 11) is 0. The van der Waals surface area contributed by atoms with Crippen LogP contribution in [0.1, 0.15) is 195 Å². The van der Waals surface area contributed by atoms with Gasteiger partial charge in [0.1, 0.15) is 0 Å². The Morgan fingerprint density at radius 1 is 0.550 bits per heavy atom. The molecular formula is C36H71NO3. The van der Waals surface area contributed by atoms with Crippen LogP contribution in [0.4, 0.5) is 0 Å². The Kier molecular flexibility index (Phi) is 30.1. The van der Waals surface area contributed by atoms with E-state index in [1.165, 1.54) is 135 Å². The summed E-state index contributed by atoms with van der Waals surface area (Å²) in [6.45, 7) is 9.98. The Morgan fingerprint density at radius 2 is 0.925 bits per heavy atom. The van der Waals surface area contributed by atoms with E-state index in [9.17, 15) is 9.59 Å². The number of carbonyl (C=O) groups excluding carboxylic acids is 2. The second kappa shape index (κ2) is 30.9. The highest BCUT2D eigenvalue weighted by Gasteiger charge is 2.23. The molecule has 0 rings (SSSR count). The molecule has 0 aromatic carbocycles. The lowest BCUT2D eigenvalue weighted by Gasteiger charge is -2.18. The normalized spacial score (nSPS) is 12.1. The Bertz CT molecular complexity index is 548. The summed E-state index contributed by atoms with van der Waals surface area (Å²) in [5, 5.41) is 3.09. The van der Waals surface area contributed by atoms with Crippen LogP contribution in [0.25, 0.3) is 0 Å². The number of amides is 1. The zero-order chi connectivity index (χ0) is 29.5. The van der Waals surface area contributed by atoms with E-state index in [2.05, 4.69) is 33.0 Å². The second-order valence-electron chi connectivity index (χ2n) is 12.8. The molecule has 0 fully saturated rings. The van der Waals surface area contributed by atoms with Gasteiger partial charge in [0.05, 0.1) is 13.0 Å². The molecule has 0 aliphatic heterocycles. The van der Waals surface area contributed by atoms with Crippen molar-refractivity contribution in [3.05, 3.63) is 0 Å². The molecule has 0 radical (unpaired) electrons. The zero-order valence-corrected chi connectivity index (χ0v) is 27.7. The van der Waals surface area contributed by atoms with Gasteiger partial charge in [-0.05, 0) is 25.2 Å². The molecule has 1 N–H and O–H groups in total. The molecule has 0 unspecified atom stereocenters. The largest absolute Gasteiger partial charge is 0.466 e. The van der Waals surface area contributed by atoms with Crippen LogP contribution < -0.4 is 5.32 Å². The standard InChI is InChI=1S/C36H71NO3/c1-5-7-9-11-13-15-17-18-19-20-22-24-26-28-30-40-35(38)32-34(31-33(3)4)36(39)37-29-27-25-23-21-16-14-12-10-8-6-2/h33-34H,5-32H2,1-4H3,(H,37,39)/t34-/m1/s1. The fourth-order valence-electron chi connectivity index (χ4n) is 5.56. The van der Waals surface area contributed by atoms with Gasteiger partial charge in [-0.2, -0.15) is 0 Å². The van der Waals surface area contributed by atoms with Crippen molar-refractivity contribution in [3.63, 3.8) is 0 Å². The van der Waals surface area contributed by atoms with E-state index in [0.717, 1.165) is 32.2 Å². The first-order valence-corrected chi connectivity index (χ1v) is 17.9. The van der Waals surface area contributed by atoms with Gasteiger partial charge in [0.2, 0.25) is 5.91 Å². The molecule has 0 spiro atoms. The minimum Gasteiger partial charge on any atom is -0.466 e. The van der Waals surface area contributed by atoms with Gasteiger partial charge in [0, 0.05) is 12.5 Å².